The van der Waals surface area contributed by atoms with Crippen LogP contribution in [0, 0.1) is 5.92 Å². The van der Waals surface area contributed by atoms with Crippen LogP contribution in [0.25, 0.3) is 11.3 Å². The van der Waals surface area contributed by atoms with E-state index in [9.17, 15) is 0 Å². The van der Waals surface area contributed by atoms with Crippen molar-refractivity contribution in [2.24, 2.45) is 5.92 Å². The van der Waals surface area contributed by atoms with Gasteiger partial charge in [0.2, 0.25) is 5.95 Å². The van der Waals surface area contributed by atoms with E-state index in [0.29, 0.717) is 5.95 Å². The molecular weight excluding hydrogens is 304 g/mol. The number of nitrogens with zero attached hydrogens (tertiary/aromatic N) is 4. The van der Waals surface area contributed by atoms with Crippen LogP contribution >= 0.6 is 0 Å². The molecule has 2 heterocycles. The number of hydrogen-bond acceptors (Lipinski definition) is 6. The third-order valence-corrected chi connectivity index (χ3v) is 4.47. The van der Waals surface area contributed by atoms with Crippen molar-refractivity contribution in [3.05, 3.63) is 30.5 Å². The van der Waals surface area contributed by atoms with E-state index in [0.717, 1.165) is 61.9 Å². The zero-order valence-electron chi connectivity index (χ0n) is 14.3. The lowest BCUT2D eigenvalue weighted by Gasteiger charge is -2.24. The molecular formula is C18H24N4O2. The number of aromatic nitrogens is 3. The Bertz CT molecular complexity index is 659. The molecule has 0 unspecified atom stereocenters. The van der Waals surface area contributed by atoms with E-state index in [4.69, 9.17) is 9.47 Å². The molecule has 0 atom stereocenters. The summed E-state index contributed by atoms with van der Waals surface area (Å²) in [5, 5.41) is 8.30. The average molecular weight is 328 g/mol. The topological polar surface area (TPSA) is 60.4 Å². The van der Waals surface area contributed by atoms with Crippen LogP contribution in [0.3, 0.4) is 0 Å². The summed E-state index contributed by atoms with van der Waals surface area (Å²) in [5.41, 5.74) is 1.78. The van der Waals surface area contributed by atoms with Gasteiger partial charge in [-0.3, -0.25) is 0 Å². The zero-order chi connectivity index (χ0) is 16.8. The second kappa shape index (κ2) is 8.06. The summed E-state index contributed by atoms with van der Waals surface area (Å²) in [4.78, 5) is 6.73. The number of rotatable bonds is 6. The van der Waals surface area contributed by atoms with Crippen LogP contribution < -0.4 is 9.64 Å². The molecule has 1 fully saturated rings. The van der Waals surface area contributed by atoms with E-state index in [1.165, 1.54) is 0 Å². The van der Waals surface area contributed by atoms with Crippen molar-refractivity contribution < 1.29 is 9.47 Å². The number of benzene rings is 1. The summed E-state index contributed by atoms with van der Waals surface area (Å²) >= 11 is 0. The Balaban J connectivity index is 1.67. The Morgan fingerprint density at radius 3 is 2.92 bits per heavy atom. The fourth-order valence-corrected chi connectivity index (χ4v) is 2.89. The second-order valence-corrected chi connectivity index (χ2v) is 6.14. The predicted octanol–water partition coefficient (Wildman–Crippen LogP) is 2.80. The Morgan fingerprint density at radius 2 is 2.12 bits per heavy atom. The van der Waals surface area contributed by atoms with Crippen molar-refractivity contribution in [1.29, 1.82) is 0 Å². The van der Waals surface area contributed by atoms with Gasteiger partial charge in [-0.05, 0) is 37.3 Å². The minimum Gasteiger partial charge on any atom is -0.497 e. The van der Waals surface area contributed by atoms with Gasteiger partial charge in [0.1, 0.15) is 5.75 Å². The largest absolute Gasteiger partial charge is 0.497 e. The first-order chi connectivity index (χ1) is 11.8. The van der Waals surface area contributed by atoms with E-state index < -0.39 is 0 Å². The van der Waals surface area contributed by atoms with Gasteiger partial charge >= 0.3 is 0 Å². The van der Waals surface area contributed by atoms with Crippen molar-refractivity contribution in [2.45, 2.75) is 19.3 Å². The Labute approximate surface area is 142 Å². The third kappa shape index (κ3) is 4.20. The Hall–Kier alpha value is -2.21. The lowest BCUT2D eigenvalue weighted by molar-refractivity contribution is 0.0645. The van der Waals surface area contributed by atoms with Crippen molar-refractivity contribution in [3.8, 4) is 17.0 Å². The molecule has 1 aromatic heterocycles. The lowest BCUT2D eigenvalue weighted by Crippen LogP contribution is -2.25. The van der Waals surface area contributed by atoms with E-state index in [1.807, 2.05) is 31.3 Å². The van der Waals surface area contributed by atoms with Crippen LogP contribution in [-0.4, -0.2) is 49.1 Å². The van der Waals surface area contributed by atoms with Gasteiger partial charge in [-0.15, -0.1) is 5.10 Å². The maximum Gasteiger partial charge on any atom is 0.245 e. The molecule has 1 aliphatic rings. The van der Waals surface area contributed by atoms with Crippen molar-refractivity contribution >= 4 is 5.95 Å². The minimum atomic E-state index is 0.655. The normalized spacial score (nSPS) is 15.2. The molecule has 1 saturated heterocycles. The Kier molecular flexibility index (Phi) is 5.59. The summed E-state index contributed by atoms with van der Waals surface area (Å²) in [5.74, 6) is 2.19. The number of anilines is 1. The Morgan fingerprint density at radius 1 is 1.29 bits per heavy atom. The van der Waals surface area contributed by atoms with Crippen LogP contribution in [0.5, 0.6) is 5.75 Å². The van der Waals surface area contributed by atoms with Crippen molar-refractivity contribution in [1.82, 2.24) is 15.2 Å². The summed E-state index contributed by atoms with van der Waals surface area (Å²) in [6, 6.07) is 7.82. The molecule has 24 heavy (non-hydrogen) atoms. The van der Waals surface area contributed by atoms with E-state index in [2.05, 4.69) is 20.1 Å². The monoisotopic (exact) mass is 328 g/mol. The molecule has 0 saturated carbocycles. The highest BCUT2D eigenvalue weighted by atomic mass is 16.5. The molecule has 1 aromatic carbocycles. The summed E-state index contributed by atoms with van der Waals surface area (Å²) in [7, 11) is 3.68. The van der Waals surface area contributed by atoms with E-state index >= 15 is 0 Å². The van der Waals surface area contributed by atoms with Gasteiger partial charge in [0.05, 0.1) is 19.0 Å². The van der Waals surface area contributed by atoms with Gasteiger partial charge in [0.25, 0.3) is 0 Å². The van der Waals surface area contributed by atoms with Crippen LogP contribution in [-0.2, 0) is 4.74 Å². The summed E-state index contributed by atoms with van der Waals surface area (Å²) in [6.07, 6.45) is 5.12. The van der Waals surface area contributed by atoms with Gasteiger partial charge in [0.15, 0.2) is 0 Å². The number of ether oxygens (including phenoxy) is 2. The van der Waals surface area contributed by atoms with Crippen LogP contribution in [0.2, 0.25) is 0 Å². The second-order valence-electron chi connectivity index (χ2n) is 6.14. The van der Waals surface area contributed by atoms with Crippen molar-refractivity contribution in [2.75, 3.05) is 38.8 Å². The van der Waals surface area contributed by atoms with Gasteiger partial charge in [-0.2, -0.15) is 5.10 Å². The summed E-state index contributed by atoms with van der Waals surface area (Å²) in [6.45, 7) is 2.70. The maximum absolute atomic E-state index is 5.42. The number of methoxy groups -OCH3 is 1. The maximum atomic E-state index is 5.42. The quantitative estimate of drug-likeness (QED) is 0.812. The van der Waals surface area contributed by atoms with Crippen LogP contribution in [0.15, 0.2) is 30.5 Å². The van der Waals surface area contributed by atoms with Crippen LogP contribution in [0.4, 0.5) is 5.95 Å². The van der Waals surface area contributed by atoms with E-state index in [1.54, 1.807) is 13.3 Å². The smallest absolute Gasteiger partial charge is 0.245 e. The molecule has 0 bridgehead atoms. The predicted molar refractivity (Wildman–Crippen MR) is 93.2 cm³/mol. The molecule has 3 rings (SSSR count). The van der Waals surface area contributed by atoms with E-state index in [-0.39, 0.29) is 0 Å². The fourth-order valence-electron chi connectivity index (χ4n) is 2.89. The highest BCUT2D eigenvalue weighted by Gasteiger charge is 2.15. The molecule has 0 radical (unpaired) electrons. The van der Waals surface area contributed by atoms with Gasteiger partial charge in [-0.1, -0.05) is 12.1 Å². The molecule has 0 N–H and O–H groups in total. The molecule has 1 aliphatic heterocycles. The number of hydrogen-bond donors (Lipinski definition) is 0. The third-order valence-electron chi connectivity index (χ3n) is 4.47. The fraction of sp³-hybridized carbons (Fsp3) is 0.500. The first-order valence-corrected chi connectivity index (χ1v) is 8.39. The molecule has 6 nitrogen and oxygen atoms in total. The molecule has 0 amide bonds. The molecule has 6 heteroatoms. The highest BCUT2D eigenvalue weighted by molar-refractivity contribution is 5.61. The van der Waals surface area contributed by atoms with Gasteiger partial charge in [-0.25, -0.2) is 4.98 Å². The molecule has 128 valence electrons. The highest BCUT2D eigenvalue weighted by Crippen LogP contribution is 2.23. The van der Waals surface area contributed by atoms with Crippen molar-refractivity contribution in [3.63, 3.8) is 0 Å². The van der Waals surface area contributed by atoms with Gasteiger partial charge in [0, 0.05) is 32.4 Å². The van der Waals surface area contributed by atoms with Crippen LogP contribution in [0.1, 0.15) is 19.3 Å². The molecule has 2 aromatic rings. The molecule has 0 spiro atoms. The standard InChI is InChI=1S/C18H24N4O2/c1-22(9-6-14-7-10-24-11-8-14)18-20-17(13-19-21-18)15-4-3-5-16(12-15)23-2/h3-5,12-14H,6-11H2,1-2H3. The molecule has 0 aliphatic carbocycles. The first-order valence-electron chi connectivity index (χ1n) is 8.39. The first kappa shape index (κ1) is 16.6. The summed E-state index contributed by atoms with van der Waals surface area (Å²) < 4.78 is 10.7. The minimum absolute atomic E-state index is 0.655. The van der Waals surface area contributed by atoms with Gasteiger partial charge < -0.3 is 14.4 Å². The average Bonchev–Trinajstić information content (AvgIpc) is 2.67. The SMILES string of the molecule is COc1cccc(-c2cnnc(N(C)CCC3CCOCC3)n2)c1. The lowest BCUT2D eigenvalue weighted by atomic mass is 9.96. The zero-order valence-corrected chi connectivity index (χ0v) is 14.3.